The Labute approximate surface area is 135 Å². The first-order chi connectivity index (χ1) is 10.9. The van der Waals surface area contributed by atoms with E-state index >= 15 is 0 Å². The highest BCUT2D eigenvalue weighted by molar-refractivity contribution is 5.98. The zero-order valence-electron chi connectivity index (χ0n) is 13.3. The summed E-state index contributed by atoms with van der Waals surface area (Å²) in [6.45, 7) is 3.26. The van der Waals surface area contributed by atoms with Crippen LogP contribution in [0.3, 0.4) is 0 Å². The molecule has 0 heterocycles. The fourth-order valence-corrected chi connectivity index (χ4v) is 4.54. The maximum atomic E-state index is 12.1. The lowest BCUT2D eigenvalue weighted by atomic mass is 9.61. The van der Waals surface area contributed by atoms with E-state index < -0.39 is 17.1 Å². The lowest BCUT2D eigenvalue weighted by Gasteiger charge is -2.44. The van der Waals surface area contributed by atoms with Crippen LogP contribution in [0.5, 0.6) is 0 Å². The van der Waals surface area contributed by atoms with E-state index in [4.69, 9.17) is 0 Å². The molecule has 0 saturated carbocycles. The number of benzene rings is 2. The average Bonchev–Trinajstić information content (AvgIpc) is 2.76. The summed E-state index contributed by atoms with van der Waals surface area (Å²) in [6, 6.07) is 12.4. The minimum atomic E-state index is -1.73. The van der Waals surface area contributed by atoms with E-state index in [2.05, 4.69) is 24.3 Å². The van der Waals surface area contributed by atoms with E-state index in [0.29, 0.717) is 6.42 Å². The molecule has 4 rings (SSSR count). The average molecular weight is 308 g/mol. The highest BCUT2D eigenvalue weighted by atomic mass is 16.4. The minimum absolute atomic E-state index is 0.372. The molecule has 2 aliphatic carbocycles. The van der Waals surface area contributed by atoms with E-state index in [-0.39, 0.29) is 5.78 Å². The molecule has 3 atom stereocenters. The Morgan fingerprint density at radius 3 is 2.70 bits per heavy atom. The van der Waals surface area contributed by atoms with Gasteiger partial charge in [-0.25, -0.2) is 0 Å². The summed E-state index contributed by atoms with van der Waals surface area (Å²) in [5.41, 5.74) is 0.717. The molecule has 0 aromatic heterocycles. The third-order valence-electron chi connectivity index (χ3n) is 5.93. The molecular weight excluding hydrogens is 288 g/mol. The molecule has 2 aromatic carbocycles. The van der Waals surface area contributed by atoms with Gasteiger partial charge in [0, 0.05) is 5.41 Å². The van der Waals surface area contributed by atoms with Gasteiger partial charge in [0.05, 0.1) is 0 Å². The van der Waals surface area contributed by atoms with Crippen molar-refractivity contribution in [2.24, 2.45) is 5.41 Å². The summed E-state index contributed by atoms with van der Waals surface area (Å²) in [4.78, 5) is 12.1. The standard InChI is InChI=1S/C20H20O3/c1-12(21)20(23)18(22)11-17-16-8-7-13-5-3-4-6-14(13)15(16)9-10-19(17,20)2/h3-8,11,18,22-23H,9-10H2,1-2H3/t18-,19+,20-/m1/s1. The van der Waals surface area contributed by atoms with Crippen molar-refractivity contribution in [1.29, 1.82) is 0 Å². The number of aryl methyl sites for hydroxylation is 1. The largest absolute Gasteiger partial charge is 0.385 e. The van der Waals surface area contributed by atoms with Crippen LogP contribution in [0.1, 0.15) is 31.4 Å². The van der Waals surface area contributed by atoms with Crippen molar-refractivity contribution in [2.45, 2.75) is 38.4 Å². The number of carbonyl (C=O) groups excluding carboxylic acids is 1. The summed E-state index contributed by atoms with van der Waals surface area (Å²) in [5.74, 6) is -0.372. The topological polar surface area (TPSA) is 57.5 Å². The van der Waals surface area contributed by atoms with Crippen LogP contribution in [-0.2, 0) is 11.2 Å². The number of aliphatic hydroxyl groups is 2. The molecule has 0 saturated heterocycles. The number of ketones is 1. The molecule has 2 N–H and O–H groups in total. The first-order valence-electron chi connectivity index (χ1n) is 8.04. The molecule has 0 aliphatic heterocycles. The second-order valence-corrected chi connectivity index (χ2v) is 6.99. The smallest absolute Gasteiger partial charge is 0.165 e. The molecule has 0 radical (unpaired) electrons. The van der Waals surface area contributed by atoms with Crippen molar-refractivity contribution in [3.63, 3.8) is 0 Å². The molecule has 3 heteroatoms. The Hall–Kier alpha value is -1.97. The number of hydrogen-bond acceptors (Lipinski definition) is 3. The van der Waals surface area contributed by atoms with Crippen molar-refractivity contribution in [1.82, 2.24) is 0 Å². The van der Waals surface area contributed by atoms with Gasteiger partial charge in [0.1, 0.15) is 6.10 Å². The van der Waals surface area contributed by atoms with Crippen LogP contribution in [0.25, 0.3) is 16.3 Å². The third kappa shape index (κ3) is 1.64. The second-order valence-electron chi connectivity index (χ2n) is 6.99. The number of Topliss-reactive ketones (excluding diaryl/α,β-unsaturated/α-hetero) is 1. The molecule has 23 heavy (non-hydrogen) atoms. The molecule has 0 bridgehead atoms. The molecule has 0 fully saturated rings. The van der Waals surface area contributed by atoms with Crippen LogP contribution in [0.2, 0.25) is 0 Å². The lowest BCUT2D eigenvalue weighted by molar-refractivity contribution is -0.157. The van der Waals surface area contributed by atoms with Crippen LogP contribution in [0, 0.1) is 5.41 Å². The number of carbonyl (C=O) groups is 1. The Balaban J connectivity index is 1.97. The maximum Gasteiger partial charge on any atom is 0.165 e. The zero-order chi connectivity index (χ0) is 16.4. The minimum Gasteiger partial charge on any atom is -0.385 e. The highest BCUT2D eigenvalue weighted by Gasteiger charge is 2.61. The van der Waals surface area contributed by atoms with E-state index in [1.165, 1.54) is 23.3 Å². The lowest BCUT2D eigenvalue weighted by Crippen LogP contribution is -2.56. The first-order valence-corrected chi connectivity index (χ1v) is 8.04. The van der Waals surface area contributed by atoms with Gasteiger partial charge in [-0.3, -0.25) is 4.79 Å². The monoisotopic (exact) mass is 308 g/mol. The molecule has 3 nitrogen and oxygen atoms in total. The van der Waals surface area contributed by atoms with Gasteiger partial charge in [-0.15, -0.1) is 0 Å². The quantitative estimate of drug-likeness (QED) is 0.851. The van der Waals surface area contributed by atoms with Crippen LogP contribution >= 0.6 is 0 Å². The van der Waals surface area contributed by atoms with E-state index in [9.17, 15) is 15.0 Å². The number of aliphatic hydroxyl groups excluding tert-OH is 1. The predicted octanol–water partition coefficient (Wildman–Crippen LogP) is 2.87. The number of fused-ring (bicyclic) bond motifs is 5. The summed E-state index contributed by atoms with van der Waals surface area (Å²) in [5, 5.41) is 23.8. The van der Waals surface area contributed by atoms with Crippen molar-refractivity contribution in [2.75, 3.05) is 0 Å². The van der Waals surface area contributed by atoms with E-state index in [1.54, 1.807) is 6.08 Å². The Morgan fingerprint density at radius 2 is 1.96 bits per heavy atom. The van der Waals surface area contributed by atoms with Gasteiger partial charge < -0.3 is 10.2 Å². The number of hydrogen-bond donors (Lipinski definition) is 2. The van der Waals surface area contributed by atoms with Crippen molar-refractivity contribution < 1.29 is 15.0 Å². The molecule has 2 aromatic rings. The van der Waals surface area contributed by atoms with Gasteiger partial charge in [-0.05, 0) is 53.3 Å². The fourth-order valence-electron chi connectivity index (χ4n) is 4.54. The van der Waals surface area contributed by atoms with Gasteiger partial charge in [0.25, 0.3) is 0 Å². The SMILES string of the molecule is CC(=O)[C@@]1(O)[C@H](O)C=C2c3ccc4ccccc4c3CC[C@@]21C. The third-order valence-corrected chi connectivity index (χ3v) is 5.93. The van der Waals surface area contributed by atoms with Crippen LogP contribution < -0.4 is 0 Å². The molecule has 0 amide bonds. The Kier molecular flexibility index (Phi) is 2.88. The second kappa shape index (κ2) is 4.53. The normalized spacial score (nSPS) is 32.3. The zero-order valence-corrected chi connectivity index (χ0v) is 13.3. The van der Waals surface area contributed by atoms with Crippen LogP contribution in [0.4, 0.5) is 0 Å². The predicted molar refractivity (Wildman–Crippen MR) is 90.0 cm³/mol. The van der Waals surface area contributed by atoms with Gasteiger partial charge in [0.2, 0.25) is 0 Å². The van der Waals surface area contributed by atoms with Crippen molar-refractivity contribution >= 4 is 22.1 Å². The molecule has 0 spiro atoms. The molecule has 0 unspecified atom stereocenters. The maximum absolute atomic E-state index is 12.1. The Morgan fingerprint density at radius 1 is 1.22 bits per heavy atom. The van der Waals surface area contributed by atoms with Gasteiger partial charge in [-0.2, -0.15) is 0 Å². The summed E-state index contributed by atoms with van der Waals surface area (Å²) >= 11 is 0. The van der Waals surface area contributed by atoms with E-state index in [1.807, 2.05) is 19.1 Å². The van der Waals surface area contributed by atoms with Crippen LogP contribution in [0.15, 0.2) is 42.5 Å². The van der Waals surface area contributed by atoms with Crippen LogP contribution in [-0.4, -0.2) is 27.7 Å². The highest BCUT2D eigenvalue weighted by Crippen LogP contribution is 2.57. The van der Waals surface area contributed by atoms with Crippen molar-refractivity contribution in [3.8, 4) is 0 Å². The fraction of sp³-hybridized carbons (Fsp3) is 0.350. The Bertz CT molecular complexity index is 866. The summed E-state index contributed by atoms with van der Waals surface area (Å²) in [6.07, 6.45) is 1.95. The van der Waals surface area contributed by atoms with E-state index in [0.717, 1.165) is 17.6 Å². The number of rotatable bonds is 1. The van der Waals surface area contributed by atoms with Crippen molar-refractivity contribution in [3.05, 3.63) is 53.6 Å². The molecule has 118 valence electrons. The van der Waals surface area contributed by atoms with Gasteiger partial charge in [0.15, 0.2) is 11.4 Å². The summed E-state index contributed by atoms with van der Waals surface area (Å²) in [7, 11) is 0. The molecule has 2 aliphatic rings. The van der Waals surface area contributed by atoms with Gasteiger partial charge >= 0.3 is 0 Å². The first kappa shape index (κ1) is 14.6. The van der Waals surface area contributed by atoms with Gasteiger partial charge in [-0.1, -0.05) is 43.3 Å². The molecular formula is C20H20O3. The summed E-state index contributed by atoms with van der Waals surface area (Å²) < 4.78 is 0.